The third-order valence-corrected chi connectivity index (χ3v) is 6.49. The highest BCUT2D eigenvalue weighted by Gasteiger charge is 2.59. The van der Waals surface area contributed by atoms with E-state index in [1.165, 1.54) is 18.3 Å². The predicted octanol–water partition coefficient (Wildman–Crippen LogP) is 3.19. The smallest absolute Gasteiger partial charge is 0.311 e. The van der Waals surface area contributed by atoms with Crippen molar-refractivity contribution < 1.29 is 19.2 Å². The van der Waals surface area contributed by atoms with Crippen molar-refractivity contribution in [3.05, 3.63) is 81.4 Å². The first-order chi connectivity index (χ1) is 16.0. The van der Waals surface area contributed by atoms with E-state index in [0.717, 1.165) is 11.4 Å². The summed E-state index contributed by atoms with van der Waals surface area (Å²) in [7, 11) is 0. The van der Waals surface area contributed by atoms with Crippen LogP contribution >= 0.6 is 0 Å². The van der Waals surface area contributed by atoms with Crippen molar-refractivity contribution in [2.75, 3.05) is 0 Å². The molecule has 9 nitrogen and oxygen atoms in total. The zero-order valence-electron chi connectivity index (χ0n) is 17.3. The number of rotatable bonds is 6. The Morgan fingerprint density at radius 2 is 1.82 bits per heavy atom. The van der Waals surface area contributed by atoms with E-state index in [4.69, 9.17) is 4.74 Å². The van der Waals surface area contributed by atoms with Gasteiger partial charge in [-0.1, -0.05) is 36.4 Å². The van der Waals surface area contributed by atoms with Gasteiger partial charge >= 0.3 is 5.69 Å². The zero-order chi connectivity index (χ0) is 23.1. The minimum atomic E-state index is -0.581. The van der Waals surface area contributed by atoms with E-state index in [2.05, 4.69) is 11.2 Å². The standard InChI is InChI=1S/C24H18N4O5/c25-11-16-4-1-2-5-18(16)13-33-22-17(6-3-7-19(22)28(31)32)12-26-27-23(29)20-14-8-9-15(10-14)21(20)24(27)30/h1-9,12,14-15,20-21H,10,13H2. The number of hydrogen-bond acceptors (Lipinski definition) is 7. The number of allylic oxidation sites excluding steroid dienone is 2. The first kappa shape index (κ1) is 20.6. The van der Waals surface area contributed by atoms with Gasteiger partial charge in [-0.25, -0.2) is 0 Å². The molecule has 0 spiro atoms. The van der Waals surface area contributed by atoms with E-state index in [0.29, 0.717) is 11.1 Å². The second-order valence-electron chi connectivity index (χ2n) is 8.24. The number of hydrogen-bond donors (Lipinski definition) is 0. The van der Waals surface area contributed by atoms with E-state index < -0.39 is 4.92 Å². The maximum atomic E-state index is 12.8. The lowest BCUT2D eigenvalue weighted by atomic mass is 9.85. The van der Waals surface area contributed by atoms with Gasteiger partial charge in [-0.3, -0.25) is 19.7 Å². The summed E-state index contributed by atoms with van der Waals surface area (Å²) in [5.74, 6) is -1.37. The van der Waals surface area contributed by atoms with E-state index >= 15 is 0 Å². The predicted molar refractivity (Wildman–Crippen MR) is 116 cm³/mol. The summed E-state index contributed by atoms with van der Waals surface area (Å²) < 4.78 is 5.76. The number of ether oxygens (including phenoxy) is 1. The number of fused-ring (bicyclic) bond motifs is 5. The fraction of sp³-hybridized carbons (Fsp3) is 0.250. The third kappa shape index (κ3) is 3.36. The van der Waals surface area contributed by atoms with Crippen molar-refractivity contribution in [2.45, 2.75) is 13.0 Å². The van der Waals surface area contributed by atoms with E-state index in [1.807, 2.05) is 12.2 Å². The number of nitriles is 1. The summed E-state index contributed by atoms with van der Waals surface area (Å²) in [6.45, 7) is -0.0732. The van der Waals surface area contributed by atoms with Crippen LogP contribution in [0.4, 0.5) is 5.69 Å². The molecule has 2 aromatic rings. The molecule has 2 aromatic carbocycles. The number of para-hydroxylation sites is 1. The highest BCUT2D eigenvalue weighted by atomic mass is 16.6. The Hall–Kier alpha value is -4.32. The molecule has 0 N–H and O–H groups in total. The summed E-state index contributed by atoms with van der Waals surface area (Å²) in [6.07, 6.45) is 6.05. The Morgan fingerprint density at radius 3 is 2.48 bits per heavy atom. The fourth-order valence-electron chi connectivity index (χ4n) is 4.97. The van der Waals surface area contributed by atoms with Crippen LogP contribution in [-0.4, -0.2) is 28.0 Å². The molecular formula is C24H18N4O5. The average Bonchev–Trinajstić information content (AvgIpc) is 3.50. The largest absolute Gasteiger partial charge is 0.481 e. The Balaban J connectivity index is 1.43. The number of imide groups is 1. The Morgan fingerprint density at radius 1 is 1.12 bits per heavy atom. The molecule has 4 unspecified atom stereocenters. The average molecular weight is 442 g/mol. The Kier molecular flexibility index (Phi) is 4.98. The van der Waals surface area contributed by atoms with Crippen LogP contribution in [0.2, 0.25) is 0 Å². The topological polar surface area (TPSA) is 126 Å². The molecule has 0 radical (unpaired) electrons. The number of carbonyl (C=O) groups is 2. The maximum absolute atomic E-state index is 12.8. The second-order valence-corrected chi connectivity index (χ2v) is 8.24. The number of nitro benzene ring substituents is 1. The lowest BCUT2D eigenvalue weighted by molar-refractivity contribution is -0.386. The van der Waals surface area contributed by atoms with Gasteiger partial charge in [0.05, 0.1) is 34.6 Å². The zero-order valence-corrected chi connectivity index (χ0v) is 17.3. The summed E-state index contributed by atoms with van der Waals surface area (Å²) in [5, 5.41) is 25.9. The minimum absolute atomic E-state index is 0.0555. The highest BCUT2D eigenvalue weighted by molar-refractivity contribution is 6.07. The molecule has 4 atom stereocenters. The number of nitro groups is 1. The molecule has 3 aliphatic rings. The van der Waals surface area contributed by atoms with Crippen LogP contribution in [0.1, 0.15) is 23.1 Å². The quantitative estimate of drug-likeness (QED) is 0.222. The number of amides is 2. The van der Waals surface area contributed by atoms with Gasteiger partial charge in [0, 0.05) is 17.2 Å². The van der Waals surface area contributed by atoms with E-state index in [-0.39, 0.29) is 59.1 Å². The van der Waals surface area contributed by atoms with Crippen molar-refractivity contribution in [3.63, 3.8) is 0 Å². The number of hydrazone groups is 1. The minimum Gasteiger partial charge on any atom is -0.481 e. The molecule has 33 heavy (non-hydrogen) atoms. The van der Waals surface area contributed by atoms with Crippen LogP contribution in [0.15, 0.2) is 59.7 Å². The molecule has 1 aliphatic heterocycles. The van der Waals surface area contributed by atoms with Crippen molar-refractivity contribution in [1.82, 2.24) is 5.01 Å². The lowest BCUT2D eigenvalue weighted by Gasteiger charge is -2.13. The molecule has 0 aromatic heterocycles. The van der Waals surface area contributed by atoms with Crippen LogP contribution in [0.5, 0.6) is 5.75 Å². The van der Waals surface area contributed by atoms with Crippen molar-refractivity contribution >= 4 is 23.7 Å². The first-order valence-corrected chi connectivity index (χ1v) is 10.5. The summed E-state index contributed by atoms with van der Waals surface area (Å²) >= 11 is 0. The van der Waals surface area contributed by atoms with Gasteiger partial charge in [-0.15, -0.1) is 0 Å². The molecule has 2 aliphatic carbocycles. The SMILES string of the molecule is N#Cc1ccccc1COc1c(C=NN2C(=O)C3C4C=CC(C4)C3C2=O)cccc1[N+](=O)[O-]. The van der Waals surface area contributed by atoms with Gasteiger partial charge in [0.25, 0.3) is 11.8 Å². The molecule has 1 saturated heterocycles. The number of benzene rings is 2. The van der Waals surface area contributed by atoms with Gasteiger partial charge in [0.1, 0.15) is 6.61 Å². The fourth-order valence-corrected chi connectivity index (χ4v) is 4.97. The Bertz CT molecular complexity index is 1250. The van der Waals surface area contributed by atoms with Crippen molar-refractivity contribution in [3.8, 4) is 11.8 Å². The van der Waals surface area contributed by atoms with Crippen LogP contribution < -0.4 is 4.74 Å². The van der Waals surface area contributed by atoms with Crippen LogP contribution in [-0.2, 0) is 16.2 Å². The molecule has 1 saturated carbocycles. The highest BCUT2D eigenvalue weighted by Crippen LogP contribution is 2.52. The third-order valence-electron chi connectivity index (χ3n) is 6.49. The molecule has 2 bridgehead atoms. The lowest BCUT2D eigenvalue weighted by Crippen LogP contribution is -2.28. The van der Waals surface area contributed by atoms with Gasteiger partial charge in [-0.2, -0.15) is 15.4 Å². The van der Waals surface area contributed by atoms with Gasteiger partial charge in [0.15, 0.2) is 0 Å². The maximum Gasteiger partial charge on any atom is 0.311 e. The van der Waals surface area contributed by atoms with E-state index in [1.54, 1.807) is 30.3 Å². The summed E-state index contributed by atoms with van der Waals surface area (Å²) in [5.41, 5.74) is 0.931. The van der Waals surface area contributed by atoms with Gasteiger partial charge in [0.2, 0.25) is 5.75 Å². The summed E-state index contributed by atoms with van der Waals surface area (Å²) in [4.78, 5) is 36.7. The molecule has 9 heteroatoms. The van der Waals surface area contributed by atoms with Crippen LogP contribution in [0.25, 0.3) is 0 Å². The van der Waals surface area contributed by atoms with Crippen LogP contribution in [0, 0.1) is 45.1 Å². The van der Waals surface area contributed by atoms with Gasteiger partial charge in [-0.05, 0) is 30.4 Å². The van der Waals surface area contributed by atoms with Crippen molar-refractivity contribution in [2.24, 2.45) is 28.8 Å². The van der Waals surface area contributed by atoms with Crippen LogP contribution in [0.3, 0.4) is 0 Å². The molecule has 5 rings (SSSR count). The second kappa shape index (κ2) is 7.98. The molecular weight excluding hydrogens is 424 g/mol. The van der Waals surface area contributed by atoms with E-state index in [9.17, 15) is 25.0 Å². The summed E-state index contributed by atoms with van der Waals surface area (Å²) in [6, 6.07) is 13.2. The Labute approximate surface area is 188 Å². The number of carbonyl (C=O) groups excluding carboxylic acids is 2. The number of nitrogens with zero attached hydrogens (tertiary/aromatic N) is 4. The van der Waals surface area contributed by atoms with Crippen molar-refractivity contribution in [1.29, 1.82) is 5.26 Å². The van der Waals surface area contributed by atoms with Gasteiger partial charge < -0.3 is 4.74 Å². The monoisotopic (exact) mass is 442 g/mol. The molecule has 1 heterocycles. The molecule has 2 fully saturated rings. The normalized spacial score (nSPS) is 25.0. The first-order valence-electron chi connectivity index (χ1n) is 10.5. The molecule has 164 valence electrons. The molecule has 2 amide bonds.